The molecule has 0 unspecified atom stereocenters. The average molecular weight is 242 g/mol. The van der Waals surface area contributed by atoms with Gasteiger partial charge in [-0.1, -0.05) is 31.9 Å². The van der Waals surface area contributed by atoms with Crippen LogP contribution in [-0.4, -0.2) is 16.5 Å². The Hall–Kier alpha value is -0.830. The first-order chi connectivity index (χ1) is 7.69. The lowest BCUT2D eigenvalue weighted by Gasteiger charge is -2.10. The largest absolute Gasteiger partial charge is 0.370 e. The summed E-state index contributed by atoms with van der Waals surface area (Å²) in [4.78, 5) is 8.75. The third-order valence-corrected chi connectivity index (χ3v) is 2.80. The van der Waals surface area contributed by atoms with E-state index in [9.17, 15) is 0 Å². The topological polar surface area (TPSA) is 37.8 Å². The van der Waals surface area contributed by atoms with Gasteiger partial charge >= 0.3 is 0 Å². The van der Waals surface area contributed by atoms with Crippen molar-refractivity contribution in [2.45, 2.75) is 46.5 Å². The van der Waals surface area contributed by atoms with Gasteiger partial charge in [0.25, 0.3) is 0 Å². The highest BCUT2D eigenvalue weighted by molar-refractivity contribution is 6.30. The Labute approximate surface area is 103 Å². The molecule has 0 aliphatic heterocycles. The number of rotatable bonds is 6. The third kappa shape index (κ3) is 3.63. The monoisotopic (exact) mass is 241 g/mol. The Kier molecular flexibility index (Phi) is 5.53. The van der Waals surface area contributed by atoms with Gasteiger partial charge in [-0.05, 0) is 19.8 Å². The van der Waals surface area contributed by atoms with E-state index >= 15 is 0 Å². The third-order valence-electron chi connectivity index (χ3n) is 2.43. The minimum absolute atomic E-state index is 0.567. The molecule has 1 aromatic heterocycles. The van der Waals surface area contributed by atoms with Gasteiger partial charge in [0.15, 0.2) is 0 Å². The molecule has 0 spiro atoms. The van der Waals surface area contributed by atoms with Crippen LogP contribution < -0.4 is 5.32 Å². The van der Waals surface area contributed by atoms with Crippen molar-refractivity contribution >= 4 is 17.4 Å². The molecule has 1 aromatic rings. The van der Waals surface area contributed by atoms with E-state index in [1.54, 1.807) is 0 Å². The highest BCUT2D eigenvalue weighted by atomic mass is 35.5. The summed E-state index contributed by atoms with van der Waals surface area (Å²) in [6.07, 6.45) is 4.23. The fourth-order valence-electron chi connectivity index (χ4n) is 1.42. The molecular formula is C12H20ClN3. The molecule has 0 saturated carbocycles. The van der Waals surface area contributed by atoms with E-state index in [-0.39, 0.29) is 0 Å². The smallest absolute Gasteiger partial charge is 0.137 e. The van der Waals surface area contributed by atoms with Crippen LogP contribution in [0.2, 0.25) is 5.15 Å². The normalized spacial score (nSPS) is 10.5. The van der Waals surface area contributed by atoms with Gasteiger partial charge in [-0.25, -0.2) is 9.97 Å². The lowest BCUT2D eigenvalue weighted by molar-refractivity contribution is 0.810. The molecule has 0 aromatic carbocycles. The zero-order valence-electron chi connectivity index (χ0n) is 10.3. The van der Waals surface area contributed by atoms with E-state index < -0.39 is 0 Å². The number of aryl methyl sites for hydroxylation is 1. The zero-order chi connectivity index (χ0) is 12.0. The number of hydrogen-bond donors (Lipinski definition) is 1. The zero-order valence-corrected chi connectivity index (χ0v) is 11.1. The maximum Gasteiger partial charge on any atom is 0.137 e. The molecule has 0 radical (unpaired) electrons. The van der Waals surface area contributed by atoms with Crippen LogP contribution in [0, 0.1) is 6.92 Å². The van der Waals surface area contributed by atoms with E-state index in [0.717, 1.165) is 43.0 Å². The van der Waals surface area contributed by atoms with Crippen molar-refractivity contribution in [1.29, 1.82) is 0 Å². The van der Waals surface area contributed by atoms with E-state index in [1.807, 2.05) is 6.92 Å². The van der Waals surface area contributed by atoms with E-state index in [4.69, 9.17) is 11.6 Å². The Bertz CT molecular complexity index is 339. The molecule has 0 fully saturated rings. The maximum absolute atomic E-state index is 6.08. The first-order valence-electron chi connectivity index (χ1n) is 5.95. The van der Waals surface area contributed by atoms with Crippen LogP contribution in [0.3, 0.4) is 0 Å². The SMILES string of the molecule is CCCCNc1nc(CCC)nc(Cl)c1C. The Morgan fingerprint density at radius 1 is 1.19 bits per heavy atom. The molecule has 4 heteroatoms. The van der Waals surface area contributed by atoms with Gasteiger partial charge in [0.1, 0.15) is 16.8 Å². The summed E-state index contributed by atoms with van der Waals surface area (Å²) in [6, 6.07) is 0. The molecule has 0 amide bonds. The Morgan fingerprint density at radius 3 is 2.56 bits per heavy atom. The summed E-state index contributed by atoms with van der Waals surface area (Å²) in [5, 5.41) is 3.89. The summed E-state index contributed by atoms with van der Waals surface area (Å²) < 4.78 is 0. The van der Waals surface area contributed by atoms with Crippen molar-refractivity contribution in [3.8, 4) is 0 Å². The van der Waals surface area contributed by atoms with Crippen molar-refractivity contribution in [2.24, 2.45) is 0 Å². The molecule has 3 nitrogen and oxygen atoms in total. The molecule has 0 atom stereocenters. The van der Waals surface area contributed by atoms with Gasteiger partial charge in [-0.3, -0.25) is 0 Å². The first-order valence-corrected chi connectivity index (χ1v) is 6.33. The number of halogens is 1. The fourth-order valence-corrected chi connectivity index (χ4v) is 1.61. The van der Waals surface area contributed by atoms with E-state index in [1.165, 1.54) is 6.42 Å². The first kappa shape index (κ1) is 13.2. The van der Waals surface area contributed by atoms with Crippen molar-refractivity contribution < 1.29 is 0 Å². The van der Waals surface area contributed by atoms with Crippen molar-refractivity contribution in [3.05, 3.63) is 16.5 Å². The highest BCUT2D eigenvalue weighted by Gasteiger charge is 2.08. The molecule has 0 aliphatic carbocycles. The summed E-state index contributed by atoms with van der Waals surface area (Å²) in [5.41, 5.74) is 0.942. The second-order valence-electron chi connectivity index (χ2n) is 3.93. The van der Waals surface area contributed by atoms with E-state index in [2.05, 4.69) is 29.1 Å². The van der Waals surface area contributed by atoms with Gasteiger partial charge in [-0.15, -0.1) is 0 Å². The Balaban J connectivity index is 2.79. The lowest BCUT2D eigenvalue weighted by Crippen LogP contribution is -2.08. The summed E-state index contributed by atoms with van der Waals surface area (Å²) in [7, 11) is 0. The van der Waals surface area contributed by atoms with Gasteiger partial charge in [0, 0.05) is 18.5 Å². The predicted molar refractivity (Wildman–Crippen MR) is 69.2 cm³/mol. The standard InChI is InChI=1S/C12H20ClN3/c1-4-6-8-14-12-9(3)11(13)15-10(16-12)7-5-2/h4-8H2,1-3H3,(H,14,15,16). The number of hydrogen-bond acceptors (Lipinski definition) is 3. The van der Waals surface area contributed by atoms with Gasteiger partial charge in [0.05, 0.1) is 0 Å². The number of aromatic nitrogens is 2. The average Bonchev–Trinajstić information content (AvgIpc) is 2.25. The molecule has 90 valence electrons. The summed E-state index contributed by atoms with van der Waals surface area (Å²) >= 11 is 6.08. The number of anilines is 1. The molecule has 0 bridgehead atoms. The maximum atomic E-state index is 6.08. The van der Waals surface area contributed by atoms with Crippen molar-refractivity contribution in [2.75, 3.05) is 11.9 Å². The molecular weight excluding hydrogens is 222 g/mol. The summed E-state index contributed by atoms with van der Waals surface area (Å²) in [5.74, 6) is 1.72. The van der Waals surface area contributed by atoms with Crippen molar-refractivity contribution in [3.63, 3.8) is 0 Å². The molecule has 1 N–H and O–H groups in total. The fraction of sp³-hybridized carbons (Fsp3) is 0.667. The molecule has 1 rings (SSSR count). The Morgan fingerprint density at radius 2 is 1.94 bits per heavy atom. The lowest BCUT2D eigenvalue weighted by atomic mass is 10.3. The summed E-state index contributed by atoms with van der Waals surface area (Å²) in [6.45, 7) is 7.17. The van der Waals surface area contributed by atoms with Crippen LogP contribution in [0.25, 0.3) is 0 Å². The number of unbranched alkanes of at least 4 members (excludes halogenated alkanes) is 1. The van der Waals surface area contributed by atoms with Gasteiger partial charge in [0.2, 0.25) is 0 Å². The number of nitrogens with one attached hydrogen (secondary N) is 1. The predicted octanol–water partition coefficient (Wildman–Crippen LogP) is 3.60. The van der Waals surface area contributed by atoms with Gasteiger partial charge < -0.3 is 5.32 Å². The van der Waals surface area contributed by atoms with Crippen LogP contribution in [0.1, 0.15) is 44.5 Å². The second-order valence-corrected chi connectivity index (χ2v) is 4.29. The van der Waals surface area contributed by atoms with Crippen LogP contribution in [0.15, 0.2) is 0 Å². The van der Waals surface area contributed by atoms with Crippen LogP contribution >= 0.6 is 11.6 Å². The second kappa shape index (κ2) is 6.69. The number of nitrogens with zero attached hydrogens (tertiary/aromatic N) is 2. The van der Waals surface area contributed by atoms with Crippen LogP contribution in [0.4, 0.5) is 5.82 Å². The van der Waals surface area contributed by atoms with E-state index in [0.29, 0.717) is 5.15 Å². The van der Waals surface area contributed by atoms with Crippen LogP contribution in [-0.2, 0) is 6.42 Å². The quantitative estimate of drug-likeness (QED) is 0.611. The molecule has 16 heavy (non-hydrogen) atoms. The van der Waals surface area contributed by atoms with Crippen LogP contribution in [0.5, 0.6) is 0 Å². The molecule has 0 saturated heterocycles. The minimum atomic E-state index is 0.567. The minimum Gasteiger partial charge on any atom is -0.370 e. The van der Waals surface area contributed by atoms with Gasteiger partial charge in [-0.2, -0.15) is 0 Å². The van der Waals surface area contributed by atoms with Crippen molar-refractivity contribution in [1.82, 2.24) is 9.97 Å². The highest BCUT2D eigenvalue weighted by Crippen LogP contribution is 2.20. The molecule has 0 aliphatic rings. The molecule has 1 heterocycles.